The zero-order chi connectivity index (χ0) is 10.2. The first kappa shape index (κ1) is 9.49. The van der Waals surface area contributed by atoms with Crippen molar-refractivity contribution in [1.82, 2.24) is 0 Å². The molecular formula is C10H14O4. The summed E-state index contributed by atoms with van der Waals surface area (Å²) in [4.78, 5) is 22.1. The van der Waals surface area contributed by atoms with Crippen LogP contribution in [0.15, 0.2) is 0 Å². The van der Waals surface area contributed by atoms with Crippen LogP contribution in [-0.4, -0.2) is 23.1 Å². The molecule has 14 heavy (non-hydrogen) atoms. The van der Waals surface area contributed by atoms with Crippen LogP contribution in [0, 0.1) is 5.41 Å². The van der Waals surface area contributed by atoms with E-state index >= 15 is 0 Å². The van der Waals surface area contributed by atoms with Crippen molar-refractivity contribution in [2.75, 3.05) is 0 Å². The van der Waals surface area contributed by atoms with Crippen LogP contribution in [-0.2, 0) is 14.3 Å². The van der Waals surface area contributed by atoms with Gasteiger partial charge >= 0.3 is 11.9 Å². The molecule has 4 heteroatoms. The quantitative estimate of drug-likeness (QED) is 0.646. The van der Waals surface area contributed by atoms with Gasteiger partial charge < -0.3 is 9.84 Å². The molecule has 2 rings (SSSR count). The summed E-state index contributed by atoms with van der Waals surface area (Å²) in [5.74, 6) is -1.34. The number of carbonyl (C=O) groups is 2. The Morgan fingerprint density at radius 3 is 2.57 bits per heavy atom. The molecule has 1 aliphatic heterocycles. The maximum Gasteiger partial charge on any atom is 0.345 e. The predicted octanol–water partition coefficient (Wildman–Crippen LogP) is 1.34. The van der Waals surface area contributed by atoms with E-state index in [-0.39, 0.29) is 11.4 Å². The number of ether oxygens (including phenoxy) is 1. The summed E-state index contributed by atoms with van der Waals surface area (Å²) in [6, 6.07) is 0. The van der Waals surface area contributed by atoms with Crippen LogP contribution >= 0.6 is 0 Å². The number of carboxylic acid groups (broad SMARTS) is 1. The van der Waals surface area contributed by atoms with Crippen molar-refractivity contribution in [2.24, 2.45) is 5.41 Å². The third kappa shape index (κ3) is 1.38. The van der Waals surface area contributed by atoms with Crippen molar-refractivity contribution in [2.45, 2.75) is 44.6 Å². The van der Waals surface area contributed by atoms with Crippen molar-refractivity contribution in [3.63, 3.8) is 0 Å². The minimum absolute atomic E-state index is 0.296. The van der Waals surface area contributed by atoms with Crippen LogP contribution in [0.3, 0.4) is 0 Å². The topological polar surface area (TPSA) is 63.6 Å². The van der Waals surface area contributed by atoms with Gasteiger partial charge in [-0.1, -0.05) is 19.3 Å². The molecule has 1 spiro atoms. The van der Waals surface area contributed by atoms with Gasteiger partial charge in [0.15, 0.2) is 0 Å². The zero-order valence-electron chi connectivity index (χ0n) is 7.99. The molecule has 0 radical (unpaired) electrons. The highest BCUT2D eigenvalue weighted by Gasteiger charge is 2.52. The van der Waals surface area contributed by atoms with Crippen LogP contribution in [0.25, 0.3) is 0 Å². The number of cyclic esters (lactones) is 1. The molecule has 1 saturated heterocycles. The molecule has 2 aliphatic rings. The summed E-state index contributed by atoms with van der Waals surface area (Å²) in [7, 11) is 0. The second-order valence-corrected chi connectivity index (χ2v) is 4.31. The Kier molecular flexibility index (Phi) is 2.21. The standard InChI is InChI=1S/C10H14O4/c11-7-6-10(4-2-1-3-5-10)8(14-7)9(12)13/h8H,1-6H2,(H,12,13). The van der Waals surface area contributed by atoms with E-state index in [2.05, 4.69) is 0 Å². The highest BCUT2D eigenvalue weighted by molar-refractivity contribution is 5.83. The van der Waals surface area contributed by atoms with Gasteiger partial charge in [-0.2, -0.15) is 0 Å². The molecule has 1 N–H and O–H groups in total. The molecule has 0 aromatic carbocycles. The third-order valence-electron chi connectivity index (χ3n) is 3.38. The maximum atomic E-state index is 11.1. The van der Waals surface area contributed by atoms with Gasteiger partial charge in [-0.15, -0.1) is 0 Å². The van der Waals surface area contributed by atoms with Crippen LogP contribution in [0.1, 0.15) is 38.5 Å². The van der Waals surface area contributed by atoms with Gasteiger partial charge in [0.05, 0.1) is 6.42 Å². The van der Waals surface area contributed by atoms with E-state index < -0.39 is 12.1 Å². The lowest BCUT2D eigenvalue weighted by Gasteiger charge is -2.33. The first-order valence-electron chi connectivity index (χ1n) is 5.06. The number of carboxylic acids is 1. The lowest BCUT2D eigenvalue weighted by molar-refractivity contribution is -0.161. The number of carbonyl (C=O) groups excluding carboxylic acids is 1. The molecule has 0 amide bonds. The van der Waals surface area contributed by atoms with E-state index in [9.17, 15) is 9.59 Å². The van der Waals surface area contributed by atoms with Gasteiger partial charge in [0, 0.05) is 5.41 Å². The lowest BCUT2D eigenvalue weighted by Crippen LogP contribution is -2.38. The van der Waals surface area contributed by atoms with E-state index in [1.807, 2.05) is 0 Å². The second kappa shape index (κ2) is 3.26. The van der Waals surface area contributed by atoms with Crippen molar-refractivity contribution < 1.29 is 19.4 Å². The molecule has 78 valence electrons. The highest BCUT2D eigenvalue weighted by Crippen LogP contribution is 2.47. The fourth-order valence-electron chi connectivity index (χ4n) is 2.69. The minimum atomic E-state index is -0.988. The summed E-state index contributed by atoms with van der Waals surface area (Å²) < 4.78 is 4.88. The molecule has 0 aromatic rings. The number of hydrogen-bond donors (Lipinski definition) is 1. The lowest BCUT2D eigenvalue weighted by atomic mass is 9.69. The molecule has 2 fully saturated rings. The van der Waals surface area contributed by atoms with Crippen molar-refractivity contribution in [1.29, 1.82) is 0 Å². The van der Waals surface area contributed by atoms with Crippen molar-refractivity contribution >= 4 is 11.9 Å². The Labute approximate surface area is 82.2 Å². The fraction of sp³-hybridized carbons (Fsp3) is 0.800. The van der Waals surface area contributed by atoms with Gasteiger partial charge in [-0.05, 0) is 12.8 Å². The van der Waals surface area contributed by atoms with Crippen LogP contribution in [0.2, 0.25) is 0 Å². The molecule has 1 unspecified atom stereocenters. The van der Waals surface area contributed by atoms with E-state index in [4.69, 9.17) is 9.84 Å². The molecule has 0 aromatic heterocycles. The maximum absolute atomic E-state index is 11.1. The van der Waals surface area contributed by atoms with Gasteiger partial charge in [-0.25, -0.2) is 4.79 Å². The number of rotatable bonds is 1. The average Bonchev–Trinajstić information content (AvgIpc) is 2.44. The number of hydrogen-bond acceptors (Lipinski definition) is 3. The minimum Gasteiger partial charge on any atom is -0.478 e. The molecule has 1 saturated carbocycles. The predicted molar refractivity (Wildman–Crippen MR) is 47.7 cm³/mol. The monoisotopic (exact) mass is 198 g/mol. The Morgan fingerprint density at radius 2 is 2.00 bits per heavy atom. The summed E-state index contributed by atoms with van der Waals surface area (Å²) in [5, 5.41) is 8.97. The van der Waals surface area contributed by atoms with Crippen molar-refractivity contribution in [3.8, 4) is 0 Å². The average molecular weight is 198 g/mol. The largest absolute Gasteiger partial charge is 0.478 e. The Bertz CT molecular complexity index is 265. The van der Waals surface area contributed by atoms with Gasteiger partial charge in [0.25, 0.3) is 0 Å². The first-order valence-corrected chi connectivity index (χ1v) is 5.06. The molecule has 1 heterocycles. The summed E-state index contributed by atoms with van der Waals surface area (Å²) in [6.07, 6.45) is 4.20. The summed E-state index contributed by atoms with van der Waals surface area (Å²) in [6.45, 7) is 0. The smallest absolute Gasteiger partial charge is 0.345 e. The summed E-state index contributed by atoms with van der Waals surface area (Å²) in [5.41, 5.74) is -0.388. The fourth-order valence-corrected chi connectivity index (χ4v) is 2.69. The summed E-state index contributed by atoms with van der Waals surface area (Å²) >= 11 is 0. The van der Waals surface area contributed by atoms with Crippen LogP contribution in [0.5, 0.6) is 0 Å². The first-order chi connectivity index (χ1) is 6.64. The van der Waals surface area contributed by atoms with Crippen LogP contribution in [0.4, 0.5) is 0 Å². The van der Waals surface area contributed by atoms with Crippen LogP contribution < -0.4 is 0 Å². The van der Waals surface area contributed by atoms with Gasteiger partial charge in [0.2, 0.25) is 6.10 Å². The van der Waals surface area contributed by atoms with Gasteiger partial charge in [0.1, 0.15) is 0 Å². The highest BCUT2D eigenvalue weighted by atomic mass is 16.6. The normalized spacial score (nSPS) is 30.3. The third-order valence-corrected chi connectivity index (χ3v) is 3.38. The molecule has 4 nitrogen and oxygen atoms in total. The van der Waals surface area contributed by atoms with E-state index in [0.717, 1.165) is 32.1 Å². The SMILES string of the molecule is O=C1CC2(CCCCC2)C(C(=O)O)O1. The zero-order valence-corrected chi connectivity index (χ0v) is 7.99. The van der Waals surface area contributed by atoms with Crippen molar-refractivity contribution in [3.05, 3.63) is 0 Å². The number of aliphatic carboxylic acids is 1. The molecule has 1 aliphatic carbocycles. The van der Waals surface area contributed by atoms with Gasteiger partial charge in [-0.3, -0.25) is 4.79 Å². The Morgan fingerprint density at radius 1 is 1.36 bits per heavy atom. The molecular weight excluding hydrogens is 184 g/mol. The second-order valence-electron chi connectivity index (χ2n) is 4.31. The number of esters is 1. The van der Waals surface area contributed by atoms with E-state index in [1.54, 1.807) is 0 Å². The Balaban J connectivity index is 2.21. The molecule has 1 atom stereocenters. The van der Waals surface area contributed by atoms with E-state index in [0.29, 0.717) is 6.42 Å². The molecule has 0 bridgehead atoms. The Hall–Kier alpha value is -1.06. The van der Waals surface area contributed by atoms with E-state index in [1.165, 1.54) is 0 Å².